The van der Waals surface area contributed by atoms with Crippen LogP contribution in [0.1, 0.15) is 36.3 Å². The zero-order valence-corrected chi connectivity index (χ0v) is 19.4. The molecule has 0 radical (unpaired) electrons. The fourth-order valence-corrected chi connectivity index (χ4v) is 4.14. The Hall–Kier alpha value is -3.45. The largest absolute Gasteiger partial charge is 0.493 e. The summed E-state index contributed by atoms with van der Waals surface area (Å²) >= 11 is 0. The molecule has 1 aliphatic heterocycles. The van der Waals surface area contributed by atoms with E-state index in [0.29, 0.717) is 34.7 Å². The van der Waals surface area contributed by atoms with Crippen molar-refractivity contribution in [2.45, 2.75) is 32.3 Å². The van der Waals surface area contributed by atoms with Crippen molar-refractivity contribution in [1.82, 2.24) is 9.55 Å². The number of hydrogen-bond donors (Lipinski definition) is 1. The summed E-state index contributed by atoms with van der Waals surface area (Å²) in [6.45, 7) is 1.71. The van der Waals surface area contributed by atoms with Gasteiger partial charge in [-0.05, 0) is 49.9 Å². The van der Waals surface area contributed by atoms with Crippen LogP contribution < -0.4 is 15.0 Å². The van der Waals surface area contributed by atoms with E-state index >= 15 is 0 Å². The zero-order chi connectivity index (χ0) is 23.5. The number of pyridine rings is 2. The number of aromatic nitrogens is 2. The first kappa shape index (κ1) is 22.7. The monoisotopic (exact) mass is 447 g/mol. The number of aryl methyl sites for hydroxylation is 2. The van der Waals surface area contributed by atoms with Crippen LogP contribution in [-0.4, -0.2) is 35.1 Å². The number of aliphatic imine (C=N–C) groups is 1. The van der Waals surface area contributed by atoms with Crippen molar-refractivity contribution < 1.29 is 14.6 Å². The molecule has 0 amide bonds. The van der Waals surface area contributed by atoms with Gasteiger partial charge in [0.15, 0.2) is 11.5 Å². The second-order valence-corrected chi connectivity index (χ2v) is 8.40. The van der Waals surface area contributed by atoms with Gasteiger partial charge in [-0.2, -0.15) is 0 Å². The predicted octanol–water partition coefficient (Wildman–Crippen LogP) is 4.03. The predicted molar refractivity (Wildman–Crippen MR) is 129 cm³/mol. The summed E-state index contributed by atoms with van der Waals surface area (Å²) in [5, 5.41) is 10.3. The topological polar surface area (TPSA) is 85.9 Å². The summed E-state index contributed by atoms with van der Waals surface area (Å²) in [6, 6.07) is 11.2. The molecule has 7 nitrogen and oxygen atoms in total. The van der Waals surface area contributed by atoms with Crippen molar-refractivity contribution >= 4 is 11.9 Å². The quantitative estimate of drug-likeness (QED) is 0.617. The van der Waals surface area contributed by atoms with E-state index in [1.54, 1.807) is 40.5 Å². The Bertz CT molecular complexity index is 1250. The minimum Gasteiger partial charge on any atom is -0.493 e. The molecule has 1 aliphatic rings. The lowest BCUT2D eigenvalue weighted by Crippen LogP contribution is -2.15. The third-order valence-corrected chi connectivity index (χ3v) is 6.08. The molecule has 0 bridgehead atoms. The Morgan fingerprint density at radius 1 is 1.15 bits per heavy atom. The van der Waals surface area contributed by atoms with Gasteiger partial charge in [0.2, 0.25) is 0 Å². The molecule has 0 aliphatic carbocycles. The fraction of sp³-hybridized carbons (Fsp3) is 0.346. The van der Waals surface area contributed by atoms with E-state index in [-0.39, 0.29) is 11.5 Å². The molecule has 172 valence electrons. The smallest absolute Gasteiger partial charge is 0.250 e. The number of fused-ring (bicyclic) bond motifs is 1. The van der Waals surface area contributed by atoms with E-state index in [2.05, 4.69) is 0 Å². The van der Waals surface area contributed by atoms with Gasteiger partial charge in [-0.15, -0.1) is 0 Å². The second-order valence-electron chi connectivity index (χ2n) is 8.40. The molecule has 1 N–H and O–H groups in total. The van der Waals surface area contributed by atoms with Crippen molar-refractivity contribution in [2.75, 3.05) is 14.2 Å². The van der Waals surface area contributed by atoms with Crippen LogP contribution in [0.2, 0.25) is 0 Å². The molecule has 1 aromatic carbocycles. The van der Waals surface area contributed by atoms with Crippen molar-refractivity contribution in [2.24, 2.45) is 18.0 Å². The summed E-state index contributed by atoms with van der Waals surface area (Å²) in [4.78, 5) is 21.7. The van der Waals surface area contributed by atoms with Crippen molar-refractivity contribution in [3.8, 4) is 22.8 Å². The SMILES string of the molecule is COc1cc2c(cc1OC)N=CC(Cc1ccc([C@H](C)O)c(-c3ccn(C)c(=O)c3)n1)CC2. The van der Waals surface area contributed by atoms with Gasteiger partial charge in [-0.3, -0.25) is 14.8 Å². The molecule has 4 rings (SSSR count). The minimum atomic E-state index is -0.690. The van der Waals surface area contributed by atoms with E-state index in [1.165, 1.54) is 4.57 Å². The number of hydrogen-bond acceptors (Lipinski definition) is 6. The highest BCUT2D eigenvalue weighted by molar-refractivity contribution is 5.71. The summed E-state index contributed by atoms with van der Waals surface area (Å²) < 4.78 is 12.4. The van der Waals surface area contributed by atoms with Gasteiger partial charge in [0.1, 0.15) is 0 Å². The highest BCUT2D eigenvalue weighted by Gasteiger charge is 2.19. The van der Waals surface area contributed by atoms with Crippen molar-refractivity contribution in [1.29, 1.82) is 0 Å². The average Bonchev–Trinajstić information content (AvgIpc) is 3.01. The van der Waals surface area contributed by atoms with Crippen LogP contribution in [-0.2, 0) is 19.9 Å². The summed E-state index contributed by atoms with van der Waals surface area (Å²) in [7, 11) is 4.96. The van der Waals surface area contributed by atoms with Crippen LogP contribution in [0.15, 0.2) is 52.4 Å². The van der Waals surface area contributed by atoms with Crippen LogP contribution in [0.25, 0.3) is 11.3 Å². The number of nitrogens with zero attached hydrogens (tertiary/aromatic N) is 3. The number of aliphatic hydroxyl groups excluding tert-OH is 1. The summed E-state index contributed by atoms with van der Waals surface area (Å²) in [5.41, 5.74) is 4.86. The number of benzene rings is 1. The van der Waals surface area contributed by atoms with E-state index < -0.39 is 6.10 Å². The maximum atomic E-state index is 12.2. The molecule has 3 aromatic rings. The number of rotatable bonds is 6. The van der Waals surface area contributed by atoms with E-state index in [0.717, 1.165) is 29.8 Å². The molecule has 33 heavy (non-hydrogen) atoms. The Morgan fingerprint density at radius 3 is 2.61 bits per heavy atom. The van der Waals surface area contributed by atoms with Crippen LogP contribution in [0.3, 0.4) is 0 Å². The molecular weight excluding hydrogens is 418 g/mol. The third-order valence-electron chi connectivity index (χ3n) is 6.08. The first-order valence-electron chi connectivity index (χ1n) is 11.0. The van der Waals surface area contributed by atoms with Gasteiger partial charge in [0.05, 0.1) is 31.7 Å². The van der Waals surface area contributed by atoms with Gasteiger partial charge >= 0.3 is 0 Å². The molecule has 0 saturated carbocycles. The highest BCUT2D eigenvalue weighted by atomic mass is 16.5. The summed E-state index contributed by atoms with van der Waals surface area (Å²) in [5.74, 6) is 1.58. The first-order chi connectivity index (χ1) is 15.9. The molecule has 7 heteroatoms. The summed E-state index contributed by atoms with van der Waals surface area (Å²) in [6.07, 6.45) is 5.52. The normalized spacial score (nSPS) is 16.1. The van der Waals surface area contributed by atoms with Gasteiger partial charge in [-0.1, -0.05) is 6.07 Å². The standard InChI is InChI=1S/C26H29N3O4/c1-16(30)21-8-7-20(28-26(21)19-9-10-29(2)25(31)13-19)11-17-5-6-18-12-23(32-3)24(33-4)14-22(18)27-15-17/h7-10,12-17,30H,5-6,11H2,1-4H3/t16-,17?/m0/s1. The Kier molecular flexibility index (Phi) is 6.60. The third kappa shape index (κ3) is 4.83. The average molecular weight is 448 g/mol. The van der Waals surface area contributed by atoms with Crippen molar-refractivity contribution in [3.05, 3.63) is 69.8 Å². The van der Waals surface area contributed by atoms with Gasteiger partial charge < -0.3 is 19.1 Å². The minimum absolute atomic E-state index is 0.115. The lowest BCUT2D eigenvalue weighted by Gasteiger charge is -2.15. The van der Waals surface area contributed by atoms with Crippen LogP contribution in [0.5, 0.6) is 11.5 Å². The maximum absolute atomic E-state index is 12.2. The van der Waals surface area contributed by atoms with Crippen LogP contribution >= 0.6 is 0 Å². The molecule has 0 fully saturated rings. The van der Waals surface area contributed by atoms with E-state index in [4.69, 9.17) is 19.5 Å². The molecule has 0 spiro atoms. The first-order valence-corrected chi connectivity index (χ1v) is 11.0. The Morgan fingerprint density at radius 2 is 1.91 bits per heavy atom. The van der Waals surface area contributed by atoms with E-state index in [1.807, 2.05) is 36.5 Å². The van der Waals surface area contributed by atoms with Gasteiger partial charge in [0.25, 0.3) is 5.56 Å². The molecule has 1 unspecified atom stereocenters. The van der Waals surface area contributed by atoms with Crippen molar-refractivity contribution in [3.63, 3.8) is 0 Å². The molecule has 2 aromatic heterocycles. The van der Waals surface area contributed by atoms with Gasteiger partial charge in [-0.25, -0.2) is 0 Å². The van der Waals surface area contributed by atoms with Crippen LogP contribution in [0.4, 0.5) is 5.69 Å². The molecule has 0 saturated heterocycles. The Labute approximate surface area is 193 Å². The number of aliphatic hydroxyl groups is 1. The maximum Gasteiger partial charge on any atom is 0.250 e. The van der Waals surface area contributed by atoms with Gasteiger partial charge in [0, 0.05) is 54.3 Å². The fourth-order valence-electron chi connectivity index (χ4n) is 4.14. The lowest BCUT2D eigenvalue weighted by atomic mass is 9.95. The van der Waals surface area contributed by atoms with E-state index in [9.17, 15) is 9.90 Å². The molecule has 3 heterocycles. The second kappa shape index (κ2) is 9.58. The lowest BCUT2D eigenvalue weighted by molar-refractivity contribution is 0.199. The molecule has 2 atom stereocenters. The zero-order valence-electron chi connectivity index (χ0n) is 19.4. The molecular formula is C26H29N3O4. The highest BCUT2D eigenvalue weighted by Crippen LogP contribution is 2.37. The van der Waals surface area contributed by atoms with Crippen LogP contribution in [0, 0.1) is 5.92 Å². The number of methoxy groups -OCH3 is 2. The Balaban J connectivity index is 1.61. The number of ether oxygens (including phenoxy) is 2.